The molecule has 2 N–H and O–H groups in total. The quantitative estimate of drug-likeness (QED) is 0.581. The van der Waals surface area contributed by atoms with Crippen molar-refractivity contribution in [2.75, 3.05) is 19.1 Å². The highest BCUT2D eigenvalue weighted by Gasteiger charge is 2.40. The number of methoxy groups -OCH3 is 2. The van der Waals surface area contributed by atoms with Gasteiger partial charge in [0.2, 0.25) is 5.91 Å². The van der Waals surface area contributed by atoms with Crippen molar-refractivity contribution in [2.45, 2.75) is 19.4 Å². The Morgan fingerprint density at radius 1 is 1.07 bits per heavy atom. The van der Waals surface area contributed by atoms with Gasteiger partial charge in [0.25, 0.3) is 11.8 Å². The van der Waals surface area contributed by atoms with Crippen LogP contribution in [0.15, 0.2) is 42.5 Å². The lowest BCUT2D eigenvalue weighted by molar-refractivity contribution is -0.121. The van der Waals surface area contributed by atoms with Gasteiger partial charge in [0, 0.05) is 5.56 Å². The zero-order valence-electron chi connectivity index (χ0n) is 15.8. The van der Waals surface area contributed by atoms with Crippen LogP contribution in [0, 0.1) is 6.92 Å². The van der Waals surface area contributed by atoms with Gasteiger partial charge in [0.05, 0.1) is 26.3 Å². The molecular weight excluding hydrogens is 362 g/mol. The minimum atomic E-state index is -0.837. The number of anilines is 1. The van der Waals surface area contributed by atoms with E-state index in [2.05, 4.69) is 10.9 Å². The van der Waals surface area contributed by atoms with Gasteiger partial charge in [-0.1, -0.05) is 18.2 Å². The maximum absolute atomic E-state index is 12.7. The highest BCUT2D eigenvalue weighted by Crippen LogP contribution is 2.28. The highest BCUT2D eigenvalue weighted by molar-refractivity contribution is 6.22. The second-order valence-electron chi connectivity index (χ2n) is 6.28. The first-order valence-corrected chi connectivity index (χ1v) is 8.66. The summed E-state index contributed by atoms with van der Waals surface area (Å²) in [6, 6.07) is 11.0. The number of nitrogens with one attached hydrogen (secondary N) is 2. The number of rotatable bonds is 6. The van der Waals surface area contributed by atoms with Crippen LogP contribution in [0.2, 0.25) is 0 Å². The standard InChI is InChI=1S/C20H21N3O5/c1-12-6-4-5-7-15(12)23-18(24)11-14(20(23)26)21-22-19(25)13-8-9-16(27-2)17(10-13)28-3/h4-10,14,21H,11H2,1-3H3,(H,22,25). The summed E-state index contributed by atoms with van der Waals surface area (Å²) in [4.78, 5) is 38.5. The van der Waals surface area contributed by atoms with Gasteiger partial charge < -0.3 is 9.47 Å². The minimum absolute atomic E-state index is 0.0423. The monoisotopic (exact) mass is 383 g/mol. The van der Waals surface area contributed by atoms with Gasteiger partial charge in [0.1, 0.15) is 6.04 Å². The molecule has 146 valence electrons. The Balaban J connectivity index is 1.68. The van der Waals surface area contributed by atoms with Crippen molar-refractivity contribution in [3.05, 3.63) is 53.6 Å². The zero-order valence-corrected chi connectivity index (χ0v) is 15.8. The van der Waals surface area contributed by atoms with Crippen molar-refractivity contribution in [2.24, 2.45) is 0 Å². The van der Waals surface area contributed by atoms with Gasteiger partial charge in [0.15, 0.2) is 11.5 Å². The van der Waals surface area contributed by atoms with Crippen LogP contribution < -0.4 is 25.2 Å². The summed E-state index contributed by atoms with van der Waals surface area (Å²) >= 11 is 0. The molecule has 8 nitrogen and oxygen atoms in total. The molecule has 0 aliphatic carbocycles. The smallest absolute Gasteiger partial charge is 0.265 e. The molecule has 1 aliphatic heterocycles. The second kappa shape index (κ2) is 8.10. The maximum atomic E-state index is 12.7. The van der Waals surface area contributed by atoms with Crippen molar-refractivity contribution in [3.8, 4) is 11.5 Å². The summed E-state index contributed by atoms with van der Waals surface area (Å²) in [7, 11) is 2.98. The molecule has 0 spiro atoms. The van der Waals surface area contributed by atoms with E-state index in [0.29, 0.717) is 22.7 Å². The molecule has 1 aliphatic rings. The lowest BCUT2D eigenvalue weighted by Gasteiger charge is -2.18. The third-order valence-electron chi connectivity index (χ3n) is 4.51. The normalized spacial score (nSPS) is 16.2. The Kier molecular flexibility index (Phi) is 5.60. The highest BCUT2D eigenvalue weighted by atomic mass is 16.5. The molecule has 2 aromatic rings. The predicted molar refractivity (Wildman–Crippen MR) is 102 cm³/mol. The largest absolute Gasteiger partial charge is 0.493 e. The van der Waals surface area contributed by atoms with E-state index in [1.54, 1.807) is 24.3 Å². The van der Waals surface area contributed by atoms with E-state index in [9.17, 15) is 14.4 Å². The summed E-state index contributed by atoms with van der Waals surface area (Å²) in [5, 5.41) is 0. The molecule has 0 bridgehead atoms. The van der Waals surface area contributed by atoms with E-state index in [0.717, 1.165) is 10.5 Å². The maximum Gasteiger partial charge on any atom is 0.265 e. The summed E-state index contributed by atoms with van der Waals surface area (Å²) in [5.41, 5.74) is 6.83. The summed E-state index contributed by atoms with van der Waals surface area (Å²) in [5.74, 6) is -0.287. The topological polar surface area (TPSA) is 97.0 Å². The third kappa shape index (κ3) is 3.67. The van der Waals surface area contributed by atoms with E-state index >= 15 is 0 Å². The Morgan fingerprint density at radius 2 is 1.79 bits per heavy atom. The number of hydrazine groups is 1. The molecule has 2 aromatic carbocycles. The molecule has 28 heavy (non-hydrogen) atoms. The van der Waals surface area contributed by atoms with Gasteiger partial charge in [-0.2, -0.15) is 0 Å². The zero-order chi connectivity index (χ0) is 20.3. The SMILES string of the molecule is COc1ccc(C(=O)NNC2CC(=O)N(c3ccccc3C)C2=O)cc1OC. The van der Waals surface area contributed by atoms with Crippen LogP contribution in [0.4, 0.5) is 5.69 Å². The van der Waals surface area contributed by atoms with Gasteiger partial charge >= 0.3 is 0 Å². The second-order valence-corrected chi connectivity index (χ2v) is 6.28. The number of ether oxygens (including phenoxy) is 2. The lowest BCUT2D eigenvalue weighted by Crippen LogP contribution is -2.48. The van der Waals surface area contributed by atoms with Gasteiger partial charge in [-0.05, 0) is 36.8 Å². The number of aryl methyl sites for hydroxylation is 1. The fourth-order valence-electron chi connectivity index (χ4n) is 3.01. The number of imide groups is 1. The van der Waals surface area contributed by atoms with Crippen LogP contribution in [-0.2, 0) is 9.59 Å². The molecule has 1 unspecified atom stereocenters. The van der Waals surface area contributed by atoms with Crippen molar-refractivity contribution in [3.63, 3.8) is 0 Å². The van der Waals surface area contributed by atoms with Crippen molar-refractivity contribution < 1.29 is 23.9 Å². The number of para-hydroxylation sites is 1. The summed E-state index contributed by atoms with van der Waals surface area (Å²) < 4.78 is 10.3. The van der Waals surface area contributed by atoms with Crippen molar-refractivity contribution in [1.82, 2.24) is 10.9 Å². The van der Waals surface area contributed by atoms with Crippen LogP contribution in [0.25, 0.3) is 0 Å². The first-order valence-electron chi connectivity index (χ1n) is 8.66. The van der Waals surface area contributed by atoms with Crippen LogP contribution in [0.3, 0.4) is 0 Å². The first-order chi connectivity index (χ1) is 13.5. The lowest BCUT2D eigenvalue weighted by atomic mass is 10.2. The Morgan fingerprint density at radius 3 is 2.46 bits per heavy atom. The molecule has 0 aromatic heterocycles. The first kappa shape index (κ1) is 19.4. The number of hydrogen-bond donors (Lipinski definition) is 2. The average Bonchev–Trinajstić information content (AvgIpc) is 2.99. The van der Waals surface area contributed by atoms with E-state index in [-0.39, 0.29) is 12.3 Å². The number of amides is 3. The van der Waals surface area contributed by atoms with E-state index in [1.165, 1.54) is 20.3 Å². The van der Waals surface area contributed by atoms with E-state index in [4.69, 9.17) is 9.47 Å². The molecule has 0 saturated carbocycles. The van der Waals surface area contributed by atoms with E-state index < -0.39 is 17.9 Å². The van der Waals surface area contributed by atoms with Gasteiger partial charge in [-0.25, -0.2) is 10.3 Å². The van der Waals surface area contributed by atoms with Crippen molar-refractivity contribution >= 4 is 23.4 Å². The molecule has 1 fully saturated rings. The van der Waals surface area contributed by atoms with Crippen LogP contribution >= 0.6 is 0 Å². The fraction of sp³-hybridized carbons (Fsp3) is 0.250. The Hall–Kier alpha value is -3.39. The molecular formula is C20H21N3O5. The summed E-state index contributed by atoms with van der Waals surface area (Å²) in [6.45, 7) is 1.83. The molecule has 1 saturated heterocycles. The van der Waals surface area contributed by atoms with Crippen LogP contribution in [0.1, 0.15) is 22.3 Å². The van der Waals surface area contributed by atoms with Gasteiger partial charge in [-0.15, -0.1) is 0 Å². The third-order valence-corrected chi connectivity index (χ3v) is 4.51. The average molecular weight is 383 g/mol. The van der Waals surface area contributed by atoms with E-state index in [1.807, 2.05) is 19.1 Å². The molecule has 0 radical (unpaired) electrons. The number of carbonyl (C=O) groups excluding carboxylic acids is 3. The Labute approximate surface area is 162 Å². The predicted octanol–water partition coefficient (Wildman–Crippen LogP) is 1.58. The van der Waals surface area contributed by atoms with Crippen molar-refractivity contribution in [1.29, 1.82) is 0 Å². The van der Waals surface area contributed by atoms with Crippen LogP contribution in [-0.4, -0.2) is 38.0 Å². The minimum Gasteiger partial charge on any atom is -0.493 e. The van der Waals surface area contributed by atoms with Gasteiger partial charge in [-0.3, -0.25) is 19.8 Å². The fourth-order valence-corrected chi connectivity index (χ4v) is 3.01. The molecule has 3 rings (SSSR count). The summed E-state index contributed by atoms with van der Waals surface area (Å²) in [6.07, 6.45) is -0.0423. The molecule has 8 heteroatoms. The number of carbonyl (C=O) groups is 3. The molecule has 3 amide bonds. The number of benzene rings is 2. The molecule has 1 heterocycles. The Bertz CT molecular complexity index is 928. The van der Waals surface area contributed by atoms with Crippen LogP contribution in [0.5, 0.6) is 11.5 Å². The number of nitrogens with zero attached hydrogens (tertiary/aromatic N) is 1. The molecule has 1 atom stereocenters. The number of hydrogen-bond acceptors (Lipinski definition) is 6.